The summed E-state index contributed by atoms with van der Waals surface area (Å²) < 4.78 is 13.6. The molecule has 166 valence electrons. The number of amides is 2. The summed E-state index contributed by atoms with van der Waals surface area (Å²) in [4.78, 5) is 35.3. The number of aromatic nitrogens is 2. The highest BCUT2D eigenvalue weighted by molar-refractivity contribution is 7.13. The molecule has 9 heteroatoms. The van der Waals surface area contributed by atoms with E-state index in [0.717, 1.165) is 11.3 Å². The van der Waals surface area contributed by atoms with Crippen LogP contribution in [0.1, 0.15) is 15.9 Å². The van der Waals surface area contributed by atoms with E-state index in [2.05, 4.69) is 15.3 Å². The molecule has 4 rings (SSSR count). The average molecular weight is 462 g/mol. The average Bonchev–Trinajstić information content (AvgIpc) is 3.25. The molecule has 0 saturated carbocycles. The molecule has 2 aromatic heterocycles. The number of nitrogen functional groups attached to an aromatic ring is 1. The molecule has 0 bridgehead atoms. The lowest BCUT2D eigenvalue weighted by molar-refractivity contribution is -0.117. The number of carbonyl (C=O) groups excluding carboxylic acids is 2. The van der Waals surface area contributed by atoms with E-state index in [1.165, 1.54) is 40.8 Å². The fourth-order valence-corrected chi connectivity index (χ4v) is 3.82. The van der Waals surface area contributed by atoms with E-state index in [-0.39, 0.29) is 24.9 Å². The fraction of sp³-hybridized carbons (Fsp3) is 0.0833. The maximum absolute atomic E-state index is 13.6. The van der Waals surface area contributed by atoms with Gasteiger partial charge >= 0.3 is 0 Å². The van der Waals surface area contributed by atoms with Gasteiger partial charge in [0.05, 0.1) is 5.69 Å². The van der Waals surface area contributed by atoms with E-state index in [0.29, 0.717) is 21.9 Å². The lowest BCUT2D eigenvalue weighted by Crippen LogP contribution is -2.37. The number of pyridine rings is 1. The van der Waals surface area contributed by atoms with Gasteiger partial charge in [-0.1, -0.05) is 24.3 Å². The Labute approximate surface area is 193 Å². The number of nitrogens with two attached hydrogens (primary N) is 1. The zero-order valence-corrected chi connectivity index (χ0v) is 18.3. The number of hydrogen-bond acceptors (Lipinski definition) is 6. The highest BCUT2D eigenvalue weighted by Gasteiger charge is 2.20. The summed E-state index contributed by atoms with van der Waals surface area (Å²) in [6, 6.07) is 16.3. The van der Waals surface area contributed by atoms with Crippen molar-refractivity contribution in [3.05, 3.63) is 95.4 Å². The van der Waals surface area contributed by atoms with Crippen LogP contribution in [0, 0.1) is 5.82 Å². The van der Waals surface area contributed by atoms with Crippen LogP contribution in [0.5, 0.6) is 0 Å². The van der Waals surface area contributed by atoms with Crippen molar-refractivity contribution in [3.8, 4) is 11.3 Å². The maximum Gasteiger partial charge on any atom is 0.254 e. The second-order valence-electron chi connectivity index (χ2n) is 7.22. The zero-order valence-electron chi connectivity index (χ0n) is 17.4. The van der Waals surface area contributed by atoms with Crippen LogP contribution in [0.25, 0.3) is 11.3 Å². The SMILES string of the molecule is Nc1nc(-c2ccc(NC(=O)CN(Cc3cccc(F)c3)C(=O)c3ccncc3)cc2)cs1. The van der Waals surface area contributed by atoms with Gasteiger partial charge in [-0.3, -0.25) is 14.6 Å². The molecular formula is C24H20FN5O2S. The summed E-state index contributed by atoms with van der Waals surface area (Å²) in [5, 5.41) is 5.14. The number of hydrogen-bond donors (Lipinski definition) is 2. The van der Waals surface area contributed by atoms with E-state index in [1.54, 1.807) is 36.4 Å². The molecule has 0 unspecified atom stereocenters. The second kappa shape index (κ2) is 10.0. The van der Waals surface area contributed by atoms with Crippen molar-refractivity contribution < 1.29 is 14.0 Å². The van der Waals surface area contributed by atoms with E-state index in [4.69, 9.17) is 5.73 Å². The monoisotopic (exact) mass is 461 g/mol. The molecule has 0 atom stereocenters. The van der Waals surface area contributed by atoms with Gasteiger partial charge in [0.2, 0.25) is 5.91 Å². The highest BCUT2D eigenvalue weighted by Crippen LogP contribution is 2.24. The van der Waals surface area contributed by atoms with E-state index < -0.39 is 5.82 Å². The summed E-state index contributed by atoms with van der Waals surface area (Å²) in [5.41, 5.74) is 8.87. The summed E-state index contributed by atoms with van der Waals surface area (Å²) in [6.07, 6.45) is 3.01. The van der Waals surface area contributed by atoms with Gasteiger partial charge in [-0.25, -0.2) is 9.37 Å². The van der Waals surface area contributed by atoms with Crippen molar-refractivity contribution >= 4 is 34.0 Å². The Bertz CT molecular complexity index is 1260. The Balaban J connectivity index is 1.47. The molecular weight excluding hydrogens is 441 g/mol. The minimum atomic E-state index is -0.407. The third kappa shape index (κ3) is 5.78. The smallest absolute Gasteiger partial charge is 0.254 e. The van der Waals surface area contributed by atoms with Crippen LogP contribution < -0.4 is 11.1 Å². The first-order valence-corrected chi connectivity index (χ1v) is 10.9. The molecule has 4 aromatic rings. The van der Waals surface area contributed by atoms with Crippen LogP contribution in [0.15, 0.2) is 78.4 Å². The third-order valence-electron chi connectivity index (χ3n) is 4.80. The van der Waals surface area contributed by atoms with Gasteiger partial charge < -0.3 is 16.0 Å². The van der Waals surface area contributed by atoms with Crippen molar-refractivity contribution in [1.29, 1.82) is 0 Å². The predicted octanol–water partition coefficient (Wildman–Crippen LogP) is 4.21. The lowest BCUT2D eigenvalue weighted by atomic mass is 10.1. The van der Waals surface area contributed by atoms with Gasteiger partial charge in [0.15, 0.2) is 5.13 Å². The largest absolute Gasteiger partial charge is 0.375 e. The highest BCUT2D eigenvalue weighted by atomic mass is 32.1. The number of thiazole rings is 1. The van der Waals surface area contributed by atoms with Gasteiger partial charge in [0.25, 0.3) is 5.91 Å². The standard InChI is InChI=1S/C24H20FN5O2S/c25-19-3-1-2-16(12-19)13-30(23(32)18-8-10-27-11-9-18)14-22(31)28-20-6-4-17(5-7-20)21-15-33-24(26)29-21/h1-12,15H,13-14H2,(H2,26,29)(H,28,31). The first kappa shape index (κ1) is 22.1. The van der Waals surface area contributed by atoms with Crippen LogP contribution in [-0.2, 0) is 11.3 Å². The molecule has 0 aliphatic heterocycles. The summed E-state index contributed by atoms with van der Waals surface area (Å²) >= 11 is 1.36. The maximum atomic E-state index is 13.6. The first-order chi connectivity index (χ1) is 16.0. The molecule has 33 heavy (non-hydrogen) atoms. The van der Waals surface area contributed by atoms with Gasteiger partial charge in [-0.15, -0.1) is 11.3 Å². The lowest BCUT2D eigenvalue weighted by Gasteiger charge is -2.22. The summed E-state index contributed by atoms with van der Waals surface area (Å²) in [7, 11) is 0. The Hall–Kier alpha value is -4.11. The molecule has 2 heterocycles. The minimum absolute atomic E-state index is 0.0799. The third-order valence-corrected chi connectivity index (χ3v) is 5.47. The Kier molecular flexibility index (Phi) is 6.70. The van der Waals surface area contributed by atoms with Crippen LogP contribution in [0.4, 0.5) is 15.2 Å². The molecule has 2 amide bonds. The van der Waals surface area contributed by atoms with E-state index in [1.807, 2.05) is 17.5 Å². The van der Waals surface area contributed by atoms with Crippen LogP contribution in [-0.4, -0.2) is 33.2 Å². The number of nitrogens with zero attached hydrogens (tertiary/aromatic N) is 3. The quantitative estimate of drug-likeness (QED) is 0.429. The molecule has 0 aliphatic rings. The number of nitrogens with one attached hydrogen (secondary N) is 1. The van der Waals surface area contributed by atoms with Crippen LogP contribution >= 0.6 is 11.3 Å². The molecule has 0 fully saturated rings. The fourth-order valence-electron chi connectivity index (χ4n) is 3.25. The van der Waals surface area contributed by atoms with Crippen molar-refractivity contribution in [2.75, 3.05) is 17.6 Å². The Morgan fingerprint density at radius 1 is 1.06 bits per heavy atom. The molecule has 0 saturated heterocycles. The number of benzene rings is 2. The topological polar surface area (TPSA) is 101 Å². The molecule has 0 radical (unpaired) electrons. The molecule has 0 spiro atoms. The number of carbonyl (C=O) groups is 2. The number of anilines is 2. The zero-order chi connectivity index (χ0) is 23.2. The van der Waals surface area contributed by atoms with Gasteiger partial charge in [0, 0.05) is 41.1 Å². The van der Waals surface area contributed by atoms with Crippen molar-refractivity contribution in [2.24, 2.45) is 0 Å². The second-order valence-corrected chi connectivity index (χ2v) is 8.11. The summed E-state index contributed by atoms with van der Waals surface area (Å²) in [6.45, 7) is -0.126. The van der Waals surface area contributed by atoms with Crippen LogP contribution in [0.3, 0.4) is 0 Å². The van der Waals surface area contributed by atoms with Gasteiger partial charge in [-0.05, 0) is 42.0 Å². The number of rotatable bonds is 7. The van der Waals surface area contributed by atoms with Crippen LogP contribution in [0.2, 0.25) is 0 Å². The molecule has 3 N–H and O–H groups in total. The Morgan fingerprint density at radius 3 is 2.48 bits per heavy atom. The summed E-state index contributed by atoms with van der Waals surface area (Å²) in [5.74, 6) is -1.14. The predicted molar refractivity (Wildman–Crippen MR) is 126 cm³/mol. The first-order valence-electron chi connectivity index (χ1n) is 10.0. The van der Waals surface area contributed by atoms with Crippen molar-refractivity contribution in [2.45, 2.75) is 6.54 Å². The van der Waals surface area contributed by atoms with Crippen molar-refractivity contribution in [1.82, 2.24) is 14.9 Å². The minimum Gasteiger partial charge on any atom is -0.375 e. The molecule has 7 nitrogen and oxygen atoms in total. The van der Waals surface area contributed by atoms with Gasteiger partial charge in [-0.2, -0.15) is 0 Å². The number of halogens is 1. The molecule has 2 aromatic carbocycles. The van der Waals surface area contributed by atoms with E-state index in [9.17, 15) is 14.0 Å². The normalized spacial score (nSPS) is 10.6. The molecule has 0 aliphatic carbocycles. The Morgan fingerprint density at radius 2 is 1.82 bits per heavy atom. The van der Waals surface area contributed by atoms with E-state index >= 15 is 0 Å². The van der Waals surface area contributed by atoms with Gasteiger partial charge in [0.1, 0.15) is 12.4 Å². The van der Waals surface area contributed by atoms with Crippen molar-refractivity contribution in [3.63, 3.8) is 0 Å².